The number of nitrogen functional groups attached to an aromatic ring is 1. The molecule has 2 rings (SSSR count). The zero-order chi connectivity index (χ0) is 16.3. The fourth-order valence-corrected chi connectivity index (χ4v) is 2.10. The second-order valence-electron chi connectivity index (χ2n) is 5.84. The number of nitrogens with zero attached hydrogens (tertiary/aromatic N) is 3. The fraction of sp³-hybridized carbons (Fsp3) is 0.412. The van der Waals surface area contributed by atoms with E-state index in [0.29, 0.717) is 18.3 Å². The van der Waals surface area contributed by atoms with Gasteiger partial charge in [-0.25, -0.2) is 9.97 Å². The van der Waals surface area contributed by atoms with Crippen molar-refractivity contribution in [1.29, 1.82) is 0 Å². The Kier molecular flexibility index (Phi) is 4.71. The third-order valence-electron chi connectivity index (χ3n) is 3.52. The molecule has 2 aromatic heterocycles. The van der Waals surface area contributed by atoms with Crippen molar-refractivity contribution in [2.75, 3.05) is 12.3 Å². The van der Waals surface area contributed by atoms with Gasteiger partial charge < -0.3 is 15.6 Å². The summed E-state index contributed by atoms with van der Waals surface area (Å²) in [5.41, 5.74) is 8.67. The van der Waals surface area contributed by atoms with Gasteiger partial charge in [-0.2, -0.15) is 0 Å². The van der Waals surface area contributed by atoms with Gasteiger partial charge in [0.15, 0.2) is 0 Å². The van der Waals surface area contributed by atoms with Crippen LogP contribution < -0.4 is 11.1 Å². The number of fused-ring (bicyclic) bond motifs is 1. The Balaban J connectivity index is 2.31. The fourth-order valence-electron chi connectivity index (χ4n) is 2.10. The first-order valence-corrected chi connectivity index (χ1v) is 7.44. The van der Waals surface area contributed by atoms with Crippen LogP contribution in [0.4, 0.5) is 5.82 Å². The Morgan fingerprint density at radius 1 is 1.36 bits per heavy atom. The number of anilines is 1. The molecule has 0 aliphatic carbocycles. The molecule has 0 atom stereocenters. The SMILES string of the molecule is C=C(NCC#Cc1cn(C(C)C)c2ncnc(N)c12)C(C)C. The number of aromatic nitrogens is 3. The van der Waals surface area contributed by atoms with Crippen LogP contribution in [0.5, 0.6) is 0 Å². The minimum Gasteiger partial charge on any atom is -0.383 e. The van der Waals surface area contributed by atoms with Crippen molar-refractivity contribution < 1.29 is 0 Å². The van der Waals surface area contributed by atoms with Gasteiger partial charge in [-0.3, -0.25) is 0 Å². The molecule has 0 bridgehead atoms. The van der Waals surface area contributed by atoms with E-state index in [0.717, 1.165) is 22.3 Å². The second-order valence-corrected chi connectivity index (χ2v) is 5.84. The molecule has 3 N–H and O–H groups in total. The molecule has 0 saturated carbocycles. The van der Waals surface area contributed by atoms with Gasteiger partial charge in [0.2, 0.25) is 0 Å². The molecule has 5 nitrogen and oxygen atoms in total. The van der Waals surface area contributed by atoms with Gasteiger partial charge in [-0.1, -0.05) is 32.3 Å². The van der Waals surface area contributed by atoms with Gasteiger partial charge >= 0.3 is 0 Å². The van der Waals surface area contributed by atoms with Gasteiger partial charge in [0.1, 0.15) is 17.8 Å². The molecule has 2 aromatic rings. The molecule has 116 valence electrons. The number of hydrogen-bond donors (Lipinski definition) is 2. The first-order valence-electron chi connectivity index (χ1n) is 7.44. The van der Waals surface area contributed by atoms with Crippen LogP contribution in [0.25, 0.3) is 11.0 Å². The first kappa shape index (κ1) is 15.9. The normalized spacial score (nSPS) is 10.8. The highest BCUT2D eigenvalue weighted by Gasteiger charge is 2.13. The maximum absolute atomic E-state index is 6.00. The molecule has 0 aromatic carbocycles. The smallest absolute Gasteiger partial charge is 0.147 e. The van der Waals surface area contributed by atoms with E-state index >= 15 is 0 Å². The van der Waals surface area contributed by atoms with Crippen LogP contribution in [0.15, 0.2) is 24.8 Å². The zero-order valence-electron chi connectivity index (χ0n) is 13.6. The molecular weight excluding hydrogens is 274 g/mol. The molecule has 0 unspecified atom stereocenters. The summed E-state index contributed by atoms with van der Waals surface area (Å²) >= 11 is 0. The molecule has 0 saturated heterocycles. The molecule has 0 aliphatic heterocycles. The van der Waals surface area contributed by atoms with Crippen molar-refractivity contribution in [3.05, 3.63) is 30.4 Å². The Bertz CT molecular complexity index is 743. The van der Waals surface area contributed by atoms with Crippen molar-refractivity contribution >= 4 is 16.9 Å². The van der Waals surface area contributed by atoms with E-state index in [-0.39, 0.29) is 6.04 Å². The van der Waals surface area contributed by atoms with Crippen LogP contribution >= 0.6 is 0 Å². The van der Waals surface area contributed by atoms with Crippen LogP contribution in [-0.2, 0) is 0 Å². The molecule has 5 heteroatoms. The number of hydrogen-bond acceptors (Lipinski definition) is 4. The van der Waals surface area contributed by atoms with Crippen LogP contribution in [0, 0.1) is 17.8 Å². The van der Waals surface area contributed by atoms with Crippen molar-refractivity contribution in [2.45, 2.75) is 33.7 Å². The molecule has 0 spiro atoms. The van der Waals surface area contributed by atoms with E-state index in [9.17, 15) is 0 Å². The zero-order valence-corrected chi connectivity index (χ0v) is 13.6. The van der Waals surface area contributed by atoms with Gasteiger partial charge in [0.25, 0.3) is 0 Å². The highest BCUT2D eigenvalue weighted by Crippen LogP contribution is 2.25. The van der Waals surface area contributed by atoms with E-state index in [2.05, 4.69) is 66.0 Å². The molecular formula is C17H23N5. The summed E-state index contributed by atoms with van der Waals surface area (Å²) in [6.07, 6.45) is 3.48. The summed E-state index contributed by atoms with van der Waals surface area (Å²) in [5, 5.41) is 4.03. The lowest BCUT2D eigenvalue weighted by Gasteiger charge is -2.08. The highest BCUT2D eigenvalue weighted by molar-refractivity contribution is 5.92. The van der Waals surface area contributed by atoms with E-state index in [1.807, 2.05) is 6.20 Å². The second kappa shape index (κ2) is 6.52. The van der Waals surface area contributed by atoms with Crippen molar-refractivity contribution in [3.8, 4) is 11.8 Å². The maximum atomic E-state index is 6.00. The summed E-state index contributed by atoms with van der Waals surface area (Å²) in [5.74, 6) is 7.14. The monoisotopic (exact) mass is 297 g/mol. The summed E-state index contributed by atoms with van der Waals surface area (Å²) in [7, 11) is 0. The molecule has 0 radical (unpaired) electrons. The Hall–Kier alpha value is -2.48. The molecule has 2 heterocycles. The predicted octanol–water partition coefficient (Wildman–Crippen LogP) is 2.71. The average Bonchev–Trinajstić information content (AvgIpc) is 2.83. The minimum absolute atomic E-state index is 0.284. The third-order valence-corrected chi connectivity index (χ3v) is 3.52. The lowest BCUT2D eigenvalue weighted by atomic mass is 10.1. The Morgan fingerprint density at radius 2 is 2.09 bits per heavy atom. The van der Waals surface area contributed by atoms with Gasteiger partial charge in [0.05, 0.1) is 17.5 Å². The maximum Gasteiger partial charge on any atom is 0.147 e. The average molecular weight is 297 g/mol. The van der Waals surface area contributed by atoms with E-state index in [1.54, 1.807) is 0 Å². The Morgan fingerprint density at radius 3 is 2.73 bits per heavy atom. The van der Waals surface area contributed by atoms with Gasteiger partial charge in [-0.05, 0) is 19.8 Å². The van der Waals surface area contributed by atoms with E-state index < -0.39 is 0 Å². The van der Waals surface area contributed by atoms with Crippen LogP contribution in [0.3, 0.4) is 0 Å². The molecule has 0 aliphatic rings. The summed E-state index contributed by atoms with van der Waals surface area (Å²) < 4.78 is 2.07. The summed E-state index contributed by atoms with van der Waals surface area (Å²) in [6, 6.07) is 0.284. The largest absolute Gasteiger partial charge is 0.383 e. The highest BCUT2D eigenvalue weighted by atomic mass is 15.1. The van der Waals surface area contributed by atoms with Crippen LogP contribution in [0.1, 0.15) is 39.3 Å². The van der Waals surface area contributed by atoms with Crippen molar-refractivity contribution in [2.24, 2.45) is 5.92 Å². The lowest BCUT2D eigenvalue weighted by molar-refractivity contribution is 0.617. The topological polar surface area (TPSA) is 68.8 Å². The molecule has 22 heavy (non-hydrogen) atoms. The number of allylic oxidation sites excluding steroid dienone is 1. The van der Waals surface area contributed by atoms with E-state index in [4.69, 9.17) is 5.73 Å². The minimum atomic E-state index is 0.284. The predicted molar refractivity (Wildman–Crippen MR) is 91.2 cm³/mol. The quantitative estimate of drug-likeness (QED) is 0.851. The number of rotatable bonds is 4. The third kappa shape index (κ3) is 3.22. The standard InChI is InChI=1S/C17H23N5/c1-11(2)13(5)19-8-6-7-14-9-22(12(3)4)17-15(14)16(18)20-10-21-17/h9-12,19H,5,8H2,1-4H3,(H2,18,20,21). The molecule has 0 amide bonds. The van der Waals surface area contributed by atoms with Crippen LogP contribution in [-0.4, -0.2) is 21.1 Å². The van der Waals surface area contributed by atoms with Crippen molar-refractivity contribution in [3.63, 3.8) is 0 Å². The lowest BCUT2D eigenvalue weighted by Crippen LogP contribution is -2.16. The van der Waals surface area contributed by atoms with Crippen LogP contribution in [0.2, 0.25) is 0 Å². The van der Waals surface area contributed by atoms with Gasteiger partial charge in [0, 0.05) is 17.9 Å². The van der Waals surface area contributed by atoms with E-state index in [1.165, 1.54) is 6.33 Å². The summed E-state index contributed by atoms with van der Waals surface area (Å²) in [6.45, 7) is 12.9. The Labute approximate surface area is 131 Å². The first-order chi connectivity index (χ1) is 10.4. The number of nitrogens with one attached hydrogen (secondary N) is 1. The summed E-state index contributed by atoms with van der Waals surface area (Å²) in [4.78, 5) is 8.41. The number of nitrogens with two attached hydrogens (primary N) is 1. The van der Waals surface area contributed by atoms with Crippen molar-refractivity contribution in [1.82, 2.24) is 19.9 Å². The van der Waals surface area contributed by atoms with Gasteiger partial charge in [-0.15, -0.1) is 0 Å². The molecule has 0 fully saturated rings.